The van der Waals surface area contributed by atoms with Crippen LogP contribution in [0.2, 0.25) is 5.15 Å². The van der Waals surface area contributed by atoms with E-state index in [0.29, 0.717) is 17.1 Å². The highest BCUT2D eigenvalue weighted by Gasteiger charge is 2.13. The van der Waals surface area contributed by atoms with Crippen molar-refractivity contribution < 1.29 is 13.2 Å². The van der Waals surface area contributed by atoms with Crippen molar-refractivity contribution in [1.29, 1.82) is 0 Å². The number of aldehydes is 1. The molecule has 0 saturated heterocycles. The molecule has 0 aliphatic carbocycles. The molecular weight excluding hydrogens is 332 g/mol. The molecule has 8 heteroatoms. The van der Waals surface area contributed by atoms with Crippen LogP contribution in [0.1, 0.15) is 16.2 Å². The Balaban J connectivity index is 2.37. The number of carbonyl (C=O) groups excluding carboxylic acids is 1. The van der Waals surface area contributed by atoms with E-state index >= 15 is 0 Å². The van der Waals surface area contributed by atoms with Gasteiger partial charge in [0.25, 0.3) is 0 Å². The minimum absolute atomic E-state index is 0.104. The van der Waals surface area contributed by atoms with Gasteiger partial charge in [-0.3, -0.25) is 4.79 Å². The standard InChI is InChI=1S/C13H11ClN2O3S2/c1-8-15-12(14)11(7-17)13(16-8)20-9-3-5-10(6-4-9)21(2,18)19/h3-7H,1-2H3. The first kappa shape index (κ1) is 15.9. The maximum Gasteiger partial charge on any atom is 0.175 e. The summed E-state index contributed by atoms with van der Waals surface area (Å²) in [7, 11) is -3.23. The number of sulfone groups is 1. The fourth-order valence-electron chi connectivity index (χ4n) is 1.57. The van der Waals surface area contributed by atoms with Crippen LogP contribution in [0.15, 0.2) is 39.1 Å². The third-order valence-corrected chi connectivity index (χ3v) is 4.99. The van der Waals surface area contributed by atoms with Crippen molar-refractivity contribution in [1.82, 2.24) is 9.97 Å². The third-order valence-electron chi connectivity index (χ3n) is 2.56. The highest BCUT2D eigenvalue weighted by atomic mass is 35.5. The highest BCUT2D eigenvalue weighted by molar-refractivity contribution is 7.99. The molecule has 0 bridgehead atoms. The van der Waals surface area contributed by atoms with E-state index in [4.69, 9.17) is 11.6 Å². The van der Waals surface area contributed by atoms with Gasteiger partial charge in [-0.1, -0.05) is 23.4 Å². The van der Waals surface area contributed by atoms with Gasteiger partial charge < -0.3 is 0 Å². The zero-order chi connectivity index (χ0) is 15.6. The minimum Gasteiger partial charge on any atom is -0.298 e. The van der Waals surface area contributed by atoms with E-state index in [1.807, 2.05) is 0 Å². The number of hydrogen-bond acceptors (Lipinski definition) is 6. The summed E-state index contributed by atoms with van der Waals surface area (Å²) < 4.78 is 22.8. The number of hydrogen-bond donors (Lipinski definition) is 0. The maximum atomic E-state index is 11.4. The van der Waals surface area contributed by atoms with Crippen LogP contribution in [0.4, 0.5) is 0 Å². The molecule has 2 aromatic rings. The minimum atomic E-state index is -3.23. The first-order valence-electron chi connectivity index (χ1n) is 5.78. The molecular formula is C13H11ClN2O3S2. The Hall–Kier alpha value is -1.44. The number of aromatic nitrogens is 2. The van der Waals surface area contributed by atoms with Crippen molar-refractivity contribution in [3.63, 3.8) is 0 Å². The molecule has 0 aliphatic heterocycles. The van der Waals surface area contributed by atoms with Crippen LogP contribution in [0.3, 0.4) is 0 Å². The molecule has 1 aromatic carbocycles. The van der Waals surface area contributed by atoms with Gasteiger partial charge in [-0.05, 0) is 31.2 Å². The summed E-state index contributed by atoms with van der Waals surface area (Å²) >= 11 is 7.14. The average molecular weight is 343 g/mol. The van der Waals surface area contributed by atoms with E-state index in [0.717, 1.165) is 11.2 Å². The lowest BCUT2D eigenvalue weighted by molar-refractivity contribution is 0.112. The van der Waals surface area contributed by atoms with Gasteiger partial charge in [0, 0.05) is 11.2 Å². The van der Waals surface area contributed by atoms with E-state index in [-0.39, 0.29) is 15.6 Å². The van der Waals surface area contributed by atoms with Crippen molar-refractivity contribution in [3.8, 4) is 0 Å². The SMILES string of the molecule is Cc1nc(Cl)c(C=O)c(Sc2ccc(S(C)(=O)=O)cc2)n1. The number of aryl methyl sites for hydroxylation is 1. The molecule has 1 heterocycles. The average Bonchev–Trinajstić information content (AvgIpc) is 2.38. The van der Waals surface area contributed by atoms with Crippen molar-refractivity contribution >= 4 is 39.5 Å². The number of rotatable bonds is 4. The topological polar surface area (TPSA) is 77.0 Å². The van der Waals surface area contributed by atoms with Crippen molar-refractivity contribution in [2.24, 2.45) is 0 Å². The Morgan fingerprint density at radius 2 is 1.81 bits per heavy atom. The fraction of sp³-hybridized carbons (Fsp3) is 0.154. The summed E-state index contributed by atoms with van der Waals surface area (Å²) in [6.07, 6.45) is 1.75. The van der Waals surface area contributed by atoms with E-state index < -0.39 is 9.84 Å². The van der Waals surface area contributed by atoms with Gasteiger partial charge >= 0.3 is 0 Å². The van der Waals surface area contributed by atoms with Gasteiger partial charge in [-0.2, -0.15) is 0 Å². The Morgan fingerprint density at radius 3 is 2.33 bits per heavy atom. The summed E-state index contributed by atoms with van der Waals surface area (Å²) in [5.74, 6) is 0.459. The monoisotopic (exact) mass is 342 g/mol. The second-order valence-corrected chi connectivity index (χ2v) is 7.68. The molecule has 0 N–H and O–H groups in total. The summed E-state index contributed by atoms with van der Waals surface area (Å²) in [5, 5.41) is 0.544. The van der Waals surface area contributed by atoms with E-state index in [2.05, 4.69) is 9.97 Å². The van der Waals surface area contributed by atoms with E-state index in [1.165, 1.54) is 23.9 Å². The smallest absolute Gasteiger partial charge is 0.175 e. The maximum absolute atomic E-state index is 11.4. The largest absolute Gasteiger partial charge is 0.298 e. The van der Waals surface area contributed by atoms with Gasteiger partial charge in [0.15, 0.2) is 16.1 Å². The number of carbonyl (C=O) groups is 1. The fourth-order valence-corrected chi connectivity index (χ4v) is 3.44. The molecule has 5 nitrogen and oxygen atoms in total. The molecule has 0 amide bonds. The Bertz CT molecular complexity index is 790. The van der Waals surface area contributed by atoms with Gasteiger partial charge in [-0.15, -0.1) is 0 Å². The molecule has 0 unspecified atom stereocenters. The van der Waals surface area contributed by atoms with Crippen molar-refractivity contribution in [3.05, 3.63) is 40.8 Å². The van der Waals surface area contributed by atoms with Gasteiger partial charge in [0.2, 0.25) is 0 Å². The summed E-state index contributed by atoms with van der Waals surface area (Å²) in [6, 6.07) is 6.32. The quantitative estimate of drug-likeness (QED) is 0.628. The van der Waals surface area contributed by atoms with E-state index in [1.54, 1.807) is 19.1 Å². The van der Waals surface area contributed by atoms with Gasteiger partial charge in [0.05, 0.1) is 10.5 Å². The van der Waals surface area contributed by atoms with E-state index in [9.17, 15) is 13.2 Å². The van der Waals surface area contributed by atoms with Crippen LogP contribution < -0.4 is 0 Å². The van der Waals surface area contributed by atoms with Crippen LogP contribution in [0.25, 0.3) is 0 Å². The number of nitrogens with zero attached hydrogens (tertiary/aromatic N) is 2. The van der Waals surface area contributed by atoms with Gasteiger partial charge in [0.1, 0.15) is 16.0 Å². The lowest BCUT2D eigenvalue weighted by atomic mass is 10.4. The van der Waals surface area contributed by atoms with Gasteiger partial charge in [-0.25, -0.2) is 18.4 Å². The number of benzene rings is 1. The summed E-state index contributed by atoms with van der Waals surface area (Å²) in [4.78, 5) is 20.2. The lowest BCUT2D eigenvalue weighted by Gasteiger charge is -2.06. The molecule has 0 radical (unpaired) electrons. The molecule has 21 heavy (non-hydrogen) atoms. The molecule has 0 aliphatic rings. The molecule has 0 saturated carbocycles. The summed E-state index contributed by atoms with van der Waals surface area (Å²) in [5.41, 5.74) is 0.222. The first-order valence-corrected chi connectivity index (χ1v) is 8.87. The second-order valence-electron chi connectivity index (χ2n) is 4.24. The third kappa shape index (κ3) is 3.81. The number of halogens is 1. The Morgan fingerprint density at radius 1 is 1.19 bits per heavy atom. The Labute approximate surface area is 131 Å². The first-order chi connectivity index (χ1) is 9.81. The Kier molecular flexibility index (Phi) is 4.65. The summed E-state index contributed by atoms with van der Waals surface area (Å²) in [6.45, 7) is 1.68. The zero-order valence-corrected chi connectivity index (χ0v) is 13.6. The van der Waals surface area contributed by atoms with Crippen LogP contribution in [-0.2, 0) is 9.84 Å². The van der Waals surface area contributed by atoms with Crippen LogP contribution in [0.5, 0.6) is 0 Å². The van der Waals surface area contributed by atoms with Crippen molar-refractivity contribution in [2.75, 3.05) is 6.26 Å². The highest BCUT2D eigenvalue weighted by Crippen LogP contribution is 2.31. The molecule has 0 spiro atoms. The van der Waals surface area contributed by atoms with Crippen LogP contribution in [0, 0.1) is 6.92 Å². The normalized spacial score (nSPS) is 11.4. The molecule has 2 rings (SSSR count). The molecule has 0 fully saturated rings. The lowest BCUT2D eigenvalue weighted by Crippen LogP contribution is -1.98. The predicted octanol–water partition coefficient (Wildman–Crippen LogP) is 2.81. The van der Waals surface area contributed by atoms with Crippen LogP contribution in [-0.4, -0.2) is 30.9 Å². The molecule has 1 aromatic heterocycles. The molecule has 110 valence electrons. The molecule has 0 atom stereocenters. The second kappa shape index (κ2) is 6.13. The van der Waals surface area contributed by atoms with Crippen molar-refractivity contribution in [2.45, 2.75) is 21.7 Å². The van der Waals surface area contributed by atoms with Crippen LogP contribution >= 0.6 is 23.4 Å². The predicted molar refractivity (Wildman–Crippen MR) is 80.8 cm³/mol. The zero-order valence-electron chi connectivity index (χ0n) is 11.2.